The van der Waals surface area contributed by atoms with Gasteiger partial charge in [-0.3, -0.25) is 4.89 Å². The topological polar surface area (TPSA) is 70.8 Å². The van der Waals surface area contributed by atoms with E-state index in [4.69, 9.17) is 15.4 Å². The maximum Gasteiger partial charge on any atom is 0.416 e. The van der Waals surface area contributed by atoms with Crippen LogP contribution in [0.4, 0.5) is 18.9 Å². The number of carbonyl (C=O) groups excluding carboxylic acids is 1. The molecular formula is C15H12F3NO4. The minimum Gasteiger partial charge on any atom is -0.497 e. The summed E-state index contributed by atoms with van der Waals surface area (Å²) in [7, 11) is 1.48. The maximum atomic E-state index is 12.5. The fraction of sp³-hybridized carbons (Fsp3) is 0.133. The van der Waals surface area contributed by atoms with Crippen LogP contribution in [0.5, 0.6) is 11.5 Å². The van der Waals surface area contributed by atoms with Gasteiger partial charge in [0.25, 0.3) is 0 Å². The van der Waals surface area contributed by atoms with E-state index in [0.29, 0.717) is 11.8 Å². The molecule has 122 valence electrons. The van der Waals surface area contributed by atoms with Crippen molar-refractivity contribution in [2.45, 2.75) is 6.18 Å². The van der Waals surface area contributed by atoms with Crippen molar-refractivity contribution in [2.75, 3.05) is 12.8 Å². The van der Waals surface area contributed by atoms with Crippen molar-refractivity contribution < 1.29 is 32.5 Å². The Labute approximate surface area is 129 Å². The minimum absolute atomic E-state index is 0.177. The van der Waals surface area contributed by atoms with E-state index < -0.39 is 17.7 Å². The summed E-state index contributed by atoms with van der Waals surface area (Å²) < 4.78 is 42.5. The number of hydrogen-bond acceptors (Lipinski definition) is 5. The van der Waals surface area contributed by atoms with Crippen molar-refractivity contribution in [1.29, 1.82) is 0 Å². The molecule has 0 fully saturated rings. The molecule has 0 aliphatic rings. The van der Waals surface area contributed by atoms with Gasteiger partial charge in [-0.2, -0.15) is 13.2 Å². The molecule has 0 radical (unpaired) electrons. The molecule has 0 heterocycles. The molecule has 0 saturated carbocycles. The van der Waals surface area contributed by atoms with Crippen LogP contribution in [0.2, 0.25) is 0 Å². The summed E-state index contributed by atoms with van der Waals surface area (Å²) in [5.41, 5.74) is 4.39. The Morgan fingerprint density at radius 2 is 1.74 bits per heavy atom. The van der Waals surface area contributed by atoms with E-state index in [9.17, 15) is 18.0 Å². The molecule has 0 aliphatic heterocycles. The number of ether oxygens (including phenoxy) is 1. The first-order valence-electron chi connectivity index (χ1n) is 6.31. The van der Waals surface area contributed by atoms with E-state index >= 15 is 0 Å². The van der Waals surface area contributed by atoms with Gasteiger partial charge in [-0.25, -0.2) is 9.68 Å². The first-order chi connectivity index (χ1) is 10.8. The number of halogens is 3. The number of alkyl halides is 3. The molecule has 2 N–H and O–H groups in total. The summed E-state index contributed by atoms with van der Waals surface area (Å²) in [6.07, 6.45) is -4.52. The number of carbonyl (C=O) groups is 1. The van der Waals surface area contributed by atoms with Gasteiger partial charge in [-0.05, 0) is 42.5 Å². The smallest absolute Gasteiger partial charge is 0.416 e. The zero-order valence-corrected chi connectivity index (χ0v) is 11.9. The van der Waals surface area contributed by atoms with Crippen LogP contribution in [-0.4, -0.2) is 13.1 Å². The van der Waals surface area contributed by atoms with Gasteiger partial charge < -0.3 is 10.5 Å². The van der Waals surface area contributed by atoms with Crippen LogP contribution in [0.25, 0.3) is 0 Å². The van der Waals surface area contributed by atoms with Gasteiger partial charge in [0.1, 0.15) is 5.75 Å². The summed E-state index contributed by atoms with van der Waals surface area (Å²) in [6.45, 7) is 0. The van der Waals surface area contributed by atoms with Crippen LogP contribution >= 0.6 is 0 Å². The van der Waals surface area contributed by atoms with E-state index in [0.717, 1.165) is 12.1 Å². The van der Waals surface area contributed by atoms with Gasteiger partial charge in [-0.1, -0.05) is 0 Å². The third kappa shape index (κ3) is 4.06. The molecule has 0 aromatic heterocycles. The summed E-state index contributed by atoms with van der Waals surface area (Å²) in [5, 5.41) is 0. The number of benzene rings is 2. The maximum absolute atomic E-state index is 12.5. The van der Waals surface area contributed by atoms with Crippen LogP contribution in [-0.2, 0) is 11.1 Å². The number of anilines is 1. The normalized spacial score (nSPS) is 11.0. The van der Waals surface area contributed by atoms with Gasteiger partial charge in [0.05, 0.1) is 23.9 Å². The van der Waals surface area contributed by atoms with Crippen molar-refractivity contribution in [3.8, 4) is 11.5 Å². The van der Waals surface area contributed by atoms with E-state index in [1.165, 1.54) is 19.2 Å². The van der Waals surface area contributed by atoms with Gasteiger partial charge >= 0.3 is 12.1 Å². The van der Waals surface area contributed by atoms with Crippen molar-refractivity contribution in [1.82, 2.24) is 0 Å². The van der Waals surface area contributed by atoms with E-state index in [2.05, 4.69) is 4.89 Å². The molecule has 2 aromatic rings. The number of nitrogens with two attached hydrogens (primary N) is 1. The molecule has 0 saturated heterocycles. The second-order valence-electron chi connectivity index (χ2n) is 4.43. The quantitative estimate of drug-likeness (QED) is 0.529. The van der Waals surface area contributed by atoms with Crippen LogP contribution in [0.1, 0.15) is 15.9 Å². The van der Waals surface area contributed by atoms with Crippen LogP contribution in [0, 0.1) is 0 Å². The molecular weight excluding hydrogens is 315 g/mol. The Bertz CT molecular complexity index is 699. The molecule has 2 rings (SSSR count). The minimum atomic E-state index is -4.52. The molecule has 0 aliphatic carbocycles. The summed E-state index contributed by atoms with van der Waals surface area (Å²) >= 11 is 0. The number of hydrogen-bond donors (Lipinski definition) is 1. The highest BCUT2D eigenvalue weighted by Crippen LogP contribution is 2.33. The van der Waals surface area contributed by atoms with Gasteiger partial charge in [0.2, 0.25) is 5.75 Å². The summed E-state index contributed by atoms with van der Waals surface area (Å²) in [5.74, 6) is -0.471. The Balaban J connectivity index is 2.04. The molecule has 2 aromatic carbocycles. The fourth-order valence-electron chi connectivity index (χ4n) is 1.66. The summed E-state index contributed by atoms with van der Waals surface area (Å²) in [4.78, 5) is 21.0. The standard InChI is InChI=1S/C15H12F3NO4/c1-21-11-5-2-9(3-6-11)14(20)23-22-13-7-4-10(8-12(13)19)15(16,17)18/h2-8H,19H2,1H3. The average molecular weight is 327 g/mol. The van der Waals surface area contributed by atoms with Gasteiger partial charge in [-0.15, -0.1) is 0 Å². The van der Waals surface area contributed by atoms with Crippen molar-refractivity contribution in [3.05, 3.63) is 53.6 Å². The van der Waals surface area contributed by atoms with Crippen molar-refractivity contribution >= 4 is 11.7 Å². The second kappa shape index (κ2) is 6.47. The van der Waals surface area contributed by atoms with Crippen LogP contribution < -0.4 is 15.4 Å². The first-order valence-corrected chi connectivity index (χ1v) is 6.31. The SMILES string of the molecule is COc1ccc(C(=O)OOc2ccc(C(F)(F)F)cc2N)cc1. The lowest BCUT2D eigenvalue weighted by Gasteiger charge is -2.10. The van der Waals surface area contributed by atoms with E-state index in [-0.39, 0.29) is 17.0 Å². The van der Waals surface area contributed by atoms with Crippen molar-refractivity contribution in [3.63, 3.8) is 0 Å². The predicted molar refractivity (Wildman–Crippen MR) is 74.9 cm³/mol. The molecule has 0 unspecified atom stereocenters. The van der Waals surface area contributed by atoms with Gasteiger partial charge in [0.15, 0.2) is 0 Å². The largest absolute Gasteiger partial charge is 0.497 e. The Hall–Kier alpha value is -2.90. The van der Waals surface area contributed by atoms with Gasteiger partial charge in [0, 0.05) is 0 Å². The zero-order valence-electron chi connectivity index (χ0n) is 11.9. The van der Waals surface area contributed by atoms with Crippen molar-refractivity contribution in [2.24, 2.45) is 0 Å². The van der Waals surface area contributed by atoms with E-state index in [1.807, 2.05) is 0 Å². The molecule has 0 bridgehead atoms. The predicted octanol–water partition coefficient (Wildman–Crippen LogP) is 3.45. The summed E-state index contributed by atoms with van der Waals surface area (Å²) in [6, 6.07) is 8.41. The lowest BCUT2D eigenvalue weighted by atomic mass is 10.2. The lowest BCUT2D eigenvalue weighted by Crippen LogP contribution is -2.10. The Kier molecular flexibility index (Phi) is 4.63. The number of methoxy groups -OCH3 is 1. The third-order valence-corrected chi connectivity index (χ3v) is 2.87. The zero-order chi connectivity index (χ0) is 17.0. The van der Waals surface area contributed by atoms with Crippen LogP contribution in [0.15, 0.2) is 42.5 Å². The molecule has 23 heavy (non-hydrogen) atoms. The Morgan fingerprint density at radius 3 is 2.26 bits per heavy atom. The monoisotopic (exact) mass is 327 g/mol. The van der Waals surface area contributed by atoms with E-state index in [1.54, 1.807) is 12.1 Å². The lowest BCUT2D eigenvalue weighted by molar-refractivity contribution is -0.149. The fourth-order valence-corrected chi connectivity index (χ4v) is 1.66. The first kappa shape index (κ1) is 16.5. The highest BCUT2D eigenvalue weighted by Gasteiger charge is 2.31. The number of nitrogen functional groups attached to an aromatic ring is 1. The Morgan fingerprint density at radius 1 is 1.09 bits per heavy atom. The number of rotatable bonds is 4. The molecule has 5 nitrogen and oxygen atoms in total. The average Bonchev–Trinajstić information content (AvgIpc) is 2.52. The highest BCUT2D eigenvalue weighted by atomic mass is 19.4. The molecule has 8 heteroatoms. The second-order valence-corrected chi connectivity index (χ2v) is 4.43. The third-order valence-electron chi connectivity index (χ3n) is 2.87. The molecule has 0 atom stereocenters. The highest BCUT2D eigenvalue weighted by molar-refractivity contribution is 5.89. The molecule has 0 spiro atoms. The van der Waals surface area contributed by atoms with Crippen LogP contribution in [0.3, 0.4) is 0 Å². The molecule has 0 amide bonds.